The Bertz CT molecular complexity index is 927. The van der Waals surface area contributed by atoms with Crippen molar-refractivity contribution < 1.29 is 9.59 Å². The minimum absolute atomic E-state index is 0.277. The summed E-state index contributed by atoms with van der Waals surface area (Å²) in [5, 5.41) is 3.38. The Kier molecular flexibility index (Phi) is 4.92. The third-order valence-corrected chi connectivity index (χ3v) is 5.07. The minimum atomic E-state index is -0.359. The van der Waals surface area contributed by atoms with Gasteiger partial charge in [0.25, 0.3) is 5.91 Å². The third kappa shape index (κ3) is 3.03. The normalized spacial score (nSPS) is 15.9. The Hall–Kier alpha value is -2.53. The summed E-state index contributed by atoms with van der Waals surface area (Å²) >= 11 is 6.27. The molecule has 5 nitrogen and oxygen atoms in total. The maximum atomic E-state index is 12.4. The van der Waals surface area contributed by atoms with Crippen LogP contribution in [0.1, 0.15) is 35.9 Å². The van der Waals surface area contributed by atoms with Crippen LogP contribution in [0.4, 0.5) is 4.79 Å². The van der Waals surface area contributed by atoms with Crippen LogP contribution in [0, 0.1) is 20.8 Å². The van der Waals surface area contributed by atoms with Crippen molar-refractivity contribution in [1.82, 2.24) is 14.8 Å². The zero-order valence-electron chi connectivity index (χ0n) is 15.4. The van der Waals surface area contributed by atoms with Crippen LogP contribution < -0.4 is 5.32 Å². The molecule has 1 saturated heterocycles. The fourth-order valence-electron chi connectivity index (χ4n) is 3.30. The molecule has 3 amide bonds. The lowest BCUT2D eigenvalue weighted by atomic mass is 10.2. The van der Waals surface area contributed by atoms with E-state index in [-0.39, 0.29) is 11.9 Å². The van der Waals surface area contributed by atoms with E-state index in [1.54, 1.807) is 6.08 Å². The van der Waals surface area contributed by atoms with Gasteiger partial charge in [-0.1, -0.05) is 24.6 Å². The van der Waals surface area contributed by atoms with Crippen LogP contribution in [0.2, 0.25) is 5.02 Å². The molecule has 3 rings (SSSR count). The van der Waals surface area contributed by atoms with Gasteiger partial charge in [0.05, 0.1) is 0 Å². The number of halogens is 1. The standard InChI is InChI=1S/C20H22ClN3O2/c1-5-9-23-19(25)17(22-20(23)26)11-15-10-12(2)24(14(15)4)18-8-6-7-16(21)13(18)3/h6-8,10-11H,5,9H2,1-4H3,(H,22,26)/b17-11+. The average molecular weight is 372 g/mol. The first kappa shape index (κ1) is 18.3. The summed E-state index contributed by atoms with van der Waals surface area (Å²) in [5.74, 6) is -0.277. The van der Waals surface area contributed by atoms with E-state index >= 15 is 0 Å². The minimum Gasteiger partial charge on any atom is -0.318 e. The van der Waals surface area contributed by atoms with Crippen LogP contribution in [0.15, 0.2) is 30.0 Å². The first-order chi connectivity index (χ1) is 12.3. The lowest BCUT2D eigenvalue weighted by Gasteiger charge is -2.13. The fraction of sp³-hybridized carbons (Fsp3) is 0.300. The van der Waals surface area contributed by atoms with Crippen molar-refractivity contribution >= 4 is 29.6 Å². The Labute approximate surface area is 158 Å². The van der Waals surface area contributed by atoms with Gasteiger partial charge >= 0.3 is 6.03 Å². The number of aromatic nitrogens is 1. The van der Waals surface area contributed by atoms with E-state index in [2.05, 4.69) is 9.88 Å². The number of nitrogens with one attached hydrogen (secondary N) is 1. The van der Waals surface area contributed by atoms with Gasteiger partial charge in [-0.3, -0.25) is 9.69 Å². The van der Waals surface area contributed by atoms with Crippen molar-refractivity contribution in [3.63, 3.8) is 0 Å². The van der Waals surface area contributed by atoms with Gasteiger partial charge in [0.15, 0.2) is 0 Å². The number of carbonyl (C=O) groups excluding carboxylic acids is 2. The zero-order valence-corrected chi connectivity index (χ0v) is 16.1. The van der Waals surface area contributed by atoms with Gasteiger partial charge in [0.1, 0.15) is 5.70 Å². The van der Waals surface area contributed by atoms with Crippen LogP contribution in [0.5, 0.6) is 0 Å². The van der Waals surface area contributed by atoms with Gasteiger partial charge in [-0.2, -0.15) is 0 Å². The number of benzene rings is 1. The molecule has 1 aromatic heterocycles. The molecule has 0 spiro atoms. The SMILES string of the molecule is CCCN1C(=O)N/C(=C/c2cc(C)n(-c3cccc(Cl)c3C)c2C)C1=O. The molecule has 0 saturated carbocycles. The molecule has 136 valence electrons. The summed E-state index contributed by atoms with van der Waals surface area (Å²) in [6, 6.07) is 7.45. The number of hydrogen-bond donors (Lipinski definition) is 1. The lowest BCUT2D eigenvalue weighted by molar-refractivity contribution is -0.122. The lowest BCUT2D eigenvalue weighted by Crippen LogP contribution is -2.31. The number of urea groups is 1. The van der Waals surface area contributed by atoms with Gasteiger partial charge in [-0.25, -0.2) is 4.79 Å². The zero-order chi connectivity index (χ0) is 19.0. The van der Waals surface area contributed by atoms with Gasteiger partial charge < -0.3 is 9.88 Å². The maximum Gasteiger partial charge on any atom is 0.329 e. The smallest absolute Gasteiger partial charge is 0.318 e. The van der Waals surface area contributed by atoms with Crippen molar-refractivity contribution in [3.8, 4) is 5.69 Å². The largest absolute Gasteiger partial charge is 0.329 e. The fourth-order valence-corrected chi connectivity index (χ4v) is 3.47. The Balaban J connectivity index is 2.03. The van der Waals surface area contributed by atoms with Crippen molar-refractivity contribution in [2.75, 3.05) is 6.54 Å². The molecule has 1 aliphatic rings. The predicted molar refractivity (Wildman–Crippen MR) is 104 cm³/mol. The monoisotopic (exact) mass is 371 g/mol. The molecule has 0 unspecified atom stereocenters. The van der Waals surface area contributed by atoms with E-state index < -0.39 is 0 Å². The Morgan fingerprint density at radius 3 is 2.62 bits per heavy atom. The van der Waals surface area contributed by atoms with Gasteiger partial charge in [-0.15, -0.1) is 0 Å². The van der Waals surface area contributed by atoms with Crippen LogP contribution in [-0.4, -0.2) is 28.0 Å². The summed E-state index contributed by atoms with van der Waals surface area (Å²) in [5.41, 5.74) is 5.22. The molecule has 1 fully saturated rings. The van der Waals surface area contributed by atoms with Crippen LogP contribution in [-0.2, 0) is 4.79 Å². The van der Waals surface area contributed by atoms with E-state index in [1.165, 1.54) is 4.90 Å². The molecular weight excluding hydrogens is 350 g/mol. The van der Waals surface area contributed by atoms with Gasteiger partial charge in [0.2, 0.25) is 0 Å². The van der Waals surface area contributed by atoms with Crippen molar-refractivity contribution in [2.24, 2.45) is 0 Å². The number of nitrogens with zero attached hydrogens (tertiary/aromatic N) is 2. The topological polar surface area (TPSA) is 54.3 Å². The number of amides is 3. The molecule has 26 heavy (non-hydrogen) atoms. The number of aryl methyl sites for hydroxylation is 1. The predicted octanol–water partition coefficient (Wildman–Crippen LogP) is 4.36. The summed E-state index contributed by atoms with van der Waals surface area (Å²) in [6.07, 6.45) is 2.48. The average Bonchev–Trinajstić information content (AvgIpc) is 3.01. The maximum absolute atomic E-state index is 12.4. The first-order valence-corrected chi connectivity index (χ1v) is 9.02. The van der Waals surface area contributed by atoms with Gasteiger partial charge in [0, 0.05) is 28.6 Å². The number of imide groups is 1. The van der Waals surface area contributed by atoms with E-state index in [0.717, 1.165) is 34.6 Å². The molecule has 1 N–H and O–H groups in total. The first-order valence-electron chi connectivity index (χ1n) is 8.64. The van der Waals surface area contributed by atoms with E-state index in [9.17, 15) is 9.59 Å². The summed E-state index contributed by atoms with van der Waals surface area (Å²) < 4.78 is 2.11. The highest BCUT2D eigenvalue weighted by atomic mass is 35.5. The quantitative estimate of drug-likeness (QED) is 0.641. The second-order valence-corrected chi connectivity index (χ2v) is 6.90. The van der Waals surface area contributed by atoms with Crippen molar-refractivity contribution in [2.45, 2.75) is 34.1 Å². The molecule has 0 aliphatic carbocycles. The summed E-state index contributed by atoms with van der Waals surface area (Å²) in [6.45, 7) is 8.34. The molecule has 6 heteroatoms. The molecule has 1 aliphatic heterocycles. The van der Waals surface area contributed by atoms with Crippen LogP contribution in [0.3, 0.4) is 0 Å². The number of rotatable bonds is 4. The molecule has 2 aromatic rings. The van der Waals surface area contributed by atoms with Crippen molar-refractivity contribution in [1.29, 1.82) is 0 Å². The molecule has 2 heterocycles. The molecule has 0 atom stereocenters. The molecule has 0 radical (unpaired) electrons. The van der Waals surface area contributed by atoms with Gasteiger partial charge in [-0.05, 0) is 62.6 Å². The van der Waals surface area contributed by atoms with Crippen molar-refractivity contribution in [3.05, 3.63) is 57.5 Å². The molecule has 0 bridgehead atoms. The summed E-state index contributed by atoms with van der Waals surface area (Å²) in [7, 11) is 0. The highest BCUT2D eigenvalue weighted by Crippen LogP contribution is 2.28. The Morgan fingerprint density at radius 2 is 1.92 bits per heavy atom. The Morgan fingerprint density at radius 1 is 1.19 bits per heavy atom. The second kappa shape index (κ2) is 7.00. The number of hydrogen-bond acceptors (Lipinski definition) is 2. The molecule has 1 aromatic carbocycles. The van der Waals surface area contributed by atoms with Crippen LogP contribution in [0.25, 0.3) is 11.8 Å². The summed E-state index contributed by atoms with van der Waals surface area (Å²) in [4.78, 5) is 25.6. The highest BCUT2D eigenvalue weighted by molar-refractivity contribution is 6.31. The van der Waals surface area contributed by atoms with E-state index in [4.69, 9.17) is 11.6 Å². The van der Waals surface area contributed by atoms with E-state index in [1.807, 2.05) is 52.0 Å². The third-order valence-electron chi connectivity index (χ3n) is 4.66. The van der Waals surface area contributed by atoms with E-state index in [0.29, 0.717) is 17.3 Å². The van der Waals surface area contributed by atoms with Crippen LogP contribution >= 0.6 is 11.6 Å². The highest BCUT2D eigenvalue weighted by Gasteiger charge is 2.32. The second-order valence-electron chi connectivity index (χ2n) is 6.49. The number of carbonyl (C=O) groups is 2. The molecular formula is C20H22ClN3O2.